The second-order valence-electron chi connectivity index (χ2n) is 7.76. The second kappa shape index (κ2) is 9.62. The van der Waals surface area contributed by atoms with Crippen LogP contribution in [-0.4, -0.2) is 10.8 Å². The highest BCUT2D eigenvalue weighted by molar-refractivity contribution is 6.04. The molecule has 0 spiro atoms. The van der Waals surface area contributed by atoms with E-state index in [1.165, 1.54) is 22.3 Å². The molecule has 0 saturated heterocycles. The number of rotatable bonds is 7. The summed E-state index contributed by atoms with van der Waals surface area (Å²) in [5.41, 5.74) is 16.0. The van der Waals surface area contributed by atoms with Crippen LogP contribution in [0.15, 0.2) is 59.6 Å². The van der Waals surface area contributed by atoms with Crippen molar-refractivity contribution in [2.24, 2.45) is 4.99 Å². The monoisotopic (exact) mass is 400 g/mol. The molecule has 0 heterocycles. The van der Waals surface area contributed by atoms with Crippen LogP contribution in [0.3, 0.4) is 0 Å². The summed E-state index contributed by atoms with van der Waals surface area (Å²) >= 11 is 0. The van der Waals surface area contributed by atoms with Crippen molar-refractivity contribution in [1.82, 2.24) is 0 Å². The average molecular weight is 401 g/mol. The van der Waals surface area contributed by atoms with E-state index in [1.54, 1.807) is 6.07 Å². The van der Waals surface area contributed by atoms with Crippen LogP contribution >= 0.6 is 0 Å². The third-order valence-electron chi connectivity index (χ3n) is 5.65. The Morgan fingerprint density at radius 3 is 2.27 bits per heavy atom. The van der Waals surface area contributed by atoms with Gasteiger partial charge in [0.25, 0.3) is 0 Å². The van der Waals surface area contributed by atoms with Gasteiger partial charge in [-0.05, 0) is 78.6 Å². The second-order valence-corrected chi connectivity index (χ2v) is 7.76. The van der Waals surface area contributed by atoms with Gasteiger partial charge in [-0.15, -0.1) is 0 Å². The lowest BCUT2D eigenvalue weighted by Gasteiger charge is -2.13. The maximum Gasteiger partial charge on any atom is 0.124 e. The topological polar surface area (TPSA) is 58.6 Å². The molecule has 3 heteroatoms. The molecule has 30 heavy (non-hydrogen) atoms. The standard InChI is InChI=1S/C27H32N2O/c1-5-21-16-19(15-20-14-18(4)27(28)22(6-2)17-20)12-13-25(21)29-24(7-3)23-10-8-9-11-26(23)30/h8-14,16-17,30H,5-7,15,28H2,1-4H3/b29-24+. The van der Waals surface area contributed by atoms with Crippen LogP contribution in [0.5, 0.6) is 5.75 Å². The average Bonchev–Trinajstić information content (AvgIpc) is 2.75. The quantitative estimate of drug-likeness (QED) is 0.350. The Labute approximate surface area is 180 Å². The Bertz CT molecular complexity index is 1070. The largest absolute Gasteiger partial charge is 0.507 e. The van der Waals surface area contributed by atoms with Crippen molar-refractivity contribution in [1.29, 1.82) is 0 Å². The highest BCUT2D eigenvalue weighted by Gasteiger charge is 2.10. The van der Waals surface area contributed by atoms with E-state index >= 15 is 0 Å². The zero-order chi connectivity index (χ0) is 21.7. The van der Waals surface area contributed by atoms with Crippen LogP contribution in [0, 0.1) is 6.92 Å². The van der Waals surface area contributed by atoms with Crippen LogP contribution in [0.1, 0.15) is 60.6 Å². The number of hydrogen-bond acceptors (Lipinski definition) is 3. The lowest BCUT2D eigenvalue weighted by Crippen LogP contribution is -2.01. The fraction of sp³-hybridized carbons (Fsp3) is 0.296. The molecule has 3 rings (SSSR count). The molecule has 0 aliphatic rings. The summed E-state index contributed by atoms with van der Waals surface area (Å²) in [4.78, 5) is 4.92. The first kappa shape index (κ1) is 21.6. The van der Waals surface area contributed by atoms with Crippen molar-refractivity contribution in [2.75, 3.05) is 5.73 Å². The van der Waals surface area contributed by atoms with E-state index in [4.69, 9.17) is 10.7 Å². The van der Waals surface area contributed by atoms with E-state index in [0.717, 1.165) is 53.9 Å². The first-order valence-corrected chi connectivity index (χ1v) is 10.8. The smallest absolute Gasteiger partial charge is 0.124 e. The lowest BCUT2D eigenvalue weighted by atomic mass is 9.96. The summed E-state index contributed by atoms with van der Waals surface area (Å²) in [6.07, 6.45) is 3.49. The zero-order valence-electron chi connectivity index (χ0n) is 18.5. The molecule has 0 atom stereocenters. The van der Waals surface area contributed by atoms with E-state index in [2.05, 4.69) is 58.0 Å². The first-order valence-electron chi connectivity index (χ1n) is 10.8. The van der Waals surface area contributed by atoms with Crippen molar-refractivity contribution in [3.05, 3.63) is 88.0 Å². The molecule has 0 aliphatic heterocycles. The number of para-hydroxylation sites is 1. The molecular weight excluding hydrogens is 368 g/mol. The fourth-order valence-electron chi connectivity index (χ4n) is 3.92. The maximum atomic E-state index is 10.2. The molecule has 0 radical (unpaired) electrons. The van der Waals surface area contributed by atoms with Gasteiger partial charge in [-0.25, -0.2) is 0 Å². The van der Waals surface area contributed by atoms with E-state index < -0.39 is 0 Å². The van der Waals surface area contributed by atoms with Gasteiger partial charge in [-0.1, -0.05) is 57.2 Å². The predicted octanol–water partition coefficient (Wildman–Crippen LogP) is 6.53. The van der Waals surface area contributed by atoms with Gasteiger partial charge < -0.3 is 10.8 Å². The highest BCUT2D eigenvalue weighted by Crippen LogP contribution is 2.28. The maximum absolute atomic E-state index is 10.2. The summed E-state index contributed by atoms with van der Waals surface area (Å²) in [6, 6.07) is 18.4. The molecule has 0 unspecified atom stereocenters. The van der Waals surface area contributed by atoms with Gasteiger partial charge in [-0.2, -0.15) is 0 Å². The van der Waals surface area contributed by atoms with Gasteiger partial charge in [0, 0.05) is 11.3 Å². The van der Waals surface area contributed by atoms with Gasteiger partial charge in [0.05, 0.1) is 11.4 Å². The van der Waals surface area contributed by atoms with E-state index in [0.29, 0.717) is 0 Å². The number of nitrogens with zero attached hydrogens (tertiary/aromatic N) is 1. The molecule has 0 amide bonds. The summed E-state index contributed by atoms with van der Waals surface area (Å²) in [6.45, 7) is 8.46. The SMILES string of the molecule is CC/C(=N\c1ccc(Cc2cc(C)c(N)c(CC)c2)cc1CC)c1ccccc1O. The Kier molecular flexibility index (Phi) is 6.94. The molecule has 0 aromatic heterocycles. The van der Waals surface area contributed by atoms with E-state index in [1.807, 2.05) is 18.2 Å². The Morgan fingerprint density at radius 1 is 0.900 bits per heavy atom. The van der Waals surface area contributed by atoms with Crippen LogP contribution in [-0.2, 0) is 19.3 Å². The highest BCUT2D eigenvalue weighted by atomic mass is 16.3. The third kappa shape index (κ3) is 4.73. The Balaban J connectivity index is 1.94. The molecule has 156 valence electrons. The zero-order valence-corrected chi connectivity index (χ0v) is 18.5. The van der Waals surface area contributed by atoms with Gasteiger partial charge in [-0.3, -0.25) is 4.99 Å². The molecule has 0 bridgehead atoms. The Hall–Kier alpha value is -3.07. The molecule has 3 aromatic rings. The predicted molar refractivity (Wildman–Crippen MR) is 128 cm³/mol. The number of nitrogen functional groups attached to an aromatic ring is 1. The first-order chi connectivity index (χ1) is 14.5. The number of phenols is 1. The Morgan fingerprint density at radius 2 is 1.60 bits per heavy atom. The van der Waals surface area contributed by atoms with Crippen LogP contribution in [0.4, 0.5) is 11.4 Å². The van der Waals surface area contributed by atoms with Gasteiger partial charge in [0.2, 0.25) is 0 Å². The summed E-state index contributed by atoms with van der Waals surface area (Å²) in [5.74, 6) is 0.276. The minimum Gasteiger partial charge on any atom is -0.507 e. The lowest BCUT2D eigenvalue weighted by molar-refractivity contribution is 0.474. The minimum absolute atomic E-state index is 0.276. The fourth-order valence-corrected chi connectivity index (χ4v) is 3.92. The number of anilines is 1. The van der Waals surface area contributed by atoms with Crippen LogP contribution in [0.2, 0.25) is 0 Å². The minimum atomic E-state index is 0.276. The molecular formula is C27H32N2O. The number of aromatic hydroxyl groups is 1. The van der Waals surface area contributed by atoms with Gasteiger partial charge in [0.1, 0.15) is 5.75 Å². The van der Waals surface area contributed by atoms with Crippen molar-refractivity contribution in [2.45, 2.75) is 53.4 Å². The number of benzene rings is 3. The summed E-state index contributed by atoms with van der Waals surface area (Å²) in [5, 5.41) is 10.2. The van der Waals surface area contributed by atoms with Crippen LogP contribution < -0.4 is 5.73 Å². The molecule has 0 aliphatic carbocycles. The van der Waals surface area contributed by atoms with Gasteiger partial charge >= 0.3 is 0 Å². The van der Waals surface area contributed by atoms with Crippen LogP contribution in [0.25, 0.3) is 0 Å². The van der Waals surface area contributed by atoms with Crippen molar-refractivity contribution < 1.29 is 5.11 Å². The number of phenolic OH excluding ortho intramolecular Hbond substituents is 1. The molecule has 0 saturated carbocycles. The van der Waals surface area contributed by atoms with Gasteiger partial charge in [0.15, 0.2) is 0 Å². The molecule has 3 N–H and O–H groups in total. The van der Waals surface area contributed by atoms with Crippen molar-refractivity contribution in [3.8, 4) is 5.75 Å². The summed E-state index contributed by atoms with van der Waals surface area (Å²) in [7, 11) is 0. The number of aliphatic imine (C=N–C) groups is 1. The van der Waals surface area contributed by atoms with Crippen molar-refractivity contribution in [3.63, 3.8) is 0 Å². The van der Waals surface area contributed by atoms with E-state index in [9.17, 15) is 5.11 Å². The number of aryl methyl sites for hydroxylation is 3. The van der Waals surface area contributed by atoms with E-state index in [-0.39, 0.29) is 5.75 Å². The van der Waals surface area contributed by atoms with Crippen molar-refractivity contribution >= 4 is 17.1 Å². The number of hydrogen-bond donors (Lipinski definition) is 2. The normalized spacial score (nSPS) is 11.7. The summed E-state index contributed by atoms with van der Waals surface area (Å²) < 4.78 is 0. The molecule has 3 aromatic carbocycles. The third-order valence-corrected chi connectivity index (χ3v) is 5.65. The molecule has 3 nitrogen and oxygen atoms in total. The molecule has 0 fully saturated rings. The number of nitrogens with two attached hydrogens (primary N) is 1.